The van der Waals surface area contributed by atoms with Crippen LogP contribution in [0.4, 0.5) is 0 Å². The predicted octanol–water partition coefficient (Wildman–Crippen LogP) is 1.47. The number of phenolic OH excluding ortho intramolecular Hbond substituents is 1. The van der Waals surface area contributed by atoms with E-state index in [2.05, 4.69) is 5.32 Å². The van der Waals surface area contributed by atoms with Crippen LogP contribution in [0.3, 0.4) is 0 Å². The van der Waals surface area contributed by atoms with E-state index >= 15 is 0 Å². The van der Waals surface area contributed by atoms with Crippen molar-refractivity contribution < 1.29 is 38.4 Å². The molecule has 0 spiro atoms. The van der Waals surface area contributed by atoms with Crippen LogP contribution < -0.4 is 5.32 Å². The molecule has 1 aliphatic heterocycles. The van der Waals surface area contributed by atoms with Gasteiger partial charge in [0, 0.05) is 6.42 Å². The van der Waals surface area contributed by atoms with E-state index in [9.17, 15) is 19.5 Å². The molecule has 3 atom stereocenters. The minimum atomic E-state index is -1.25. The molecule has 32 heavy (non-hydrogen) atoms. The maximum atomic E-state index is 12.8. The molecule has 1 heterocycles. The summed E-state index contributed by atoms with van der Waals surface area (Å²) in [6, 6.07) is 14.3. The van der Waals surface area contributed by atoms with Gasteiger partial charge in [-0.05, 0) is 30.2 Å². The van der Waals surface area contributed by atoms with Gasteiger partial charge in [-0.1, -0.05) is 42.5 Å². The number of carbonyl (C=O) groups is 3. The smallest absolute Gasteiger partial charge is 0.338 e. The number of hydrogen-bond acceptors (Lipinski definition) is 8. The van der Waals surface area contributed by atoms with Gasteiger partial charge < -0.3 is 29.4 Å². The summed E-state index contributed by atoms with van der Waals surface area (Å²) < 4.78 is 20.7. The van der Waals surface area contributed by atoms with Crippen LogP contribution in [0.2, 0.25) is 0 Å². The number of amides is 1. The van der Waals surface area contributed by atoms with Crippen LogP contribution in [-0.4, -0.2) is 54.6 Å². The van der Waals surface area contributed by atoms with Crippen molar-refractivity contribution in [3.05, 3.63) is 65.7 Å². The van der Waals surface area contributed by atoms with Crippen LogP contribution in [0.5, 0.6) is 5.75 Å². The first kappa shape index (κ1) is 23.2. The fourth-order valence-electron chi connectivity index (χ4n) is 3.13. The molecule has 3 rings (SSSR count). The van der Waals surface area contributed by atoms with E-state index in [4.69, 9.17) is 18.9 Å². The Bertz CT molecular complexity index is 915. The number of esters is 2. The van der Waals surface area contributed by atoms with Crippen molar-refractivity contribution in [1.82, 2.24) is 5.32 Å². The van der Waals surface area contributed by atoms with E-state index in [1.54, 1.807) is 19.1 Å². The molecule has 0 aliphatic carbocycles. The second-order valence-electron chi connectivity index (χ2n) is 7.07. The van der Waals surface area contributed by atoms with Gasteiger partial charge in [0.2, 0.25) is 0 Å². The molecule has 0 bridgehead atoms. The van der Waals surface area contributed by atoms with Crippen LogP contribution in [0.1, 0.15) is 18.1 Å². The molecule has 9 heteroatoms. The molecule has 1 aliphatic rings. The Morgan fingerprint density at radius 1 is 1.00 bits per heavy atom. The third-order valence-corrected chi connectivity index (χ3v) is 4.75. The molecular formula is C23H25NO8. The molecule has 170 valence electrons. The first-order valence-corrected chi connectivity index (χ1v) is 10.2. The summed E-state index contributed by atoms with van der Waals surface area (Å²) in [6.07, 6.45) is -2.36. The van der Waals surface area contributed by atoms with Crippen molar-refractivity contribution in [2.24, 2.45) is 0 Å². The van der Waals surface area contributed by atoms with Gasteiger partial charge >= 0.3 is 11.9 Å². The van der Waals surface area contributed by atoms with Gasteiger partial charge in [0.25, 0.3) is 5.91 Å². The summed E-state index contributed by atoms with van der Waals surface area (Å²) in [5.41, 5.74) is 1.49. The summed E-state index contributed by atoms with van der Waals surface area (Å²) in [4.78, 5) is 37.7. The monoisotopic (exact) mass is 443 g/mol. The van der Waals surface area contributed by atoms with Gasteiger partial charge in [-0.15, -0.1) is 0 Å². The molecule has 2 aromatic carbocycles. The molecule has 2 N–H and O–H groups in total. The van der Waals surface area contributed by atoms with Crippen molar-refractivity contribution in [2.75, 3.05) is 13.4 Å². The molecule has 1 saturated heterocycles. The zero-order chi connectivity index (χ0) is 22.9. The number of rotatable bonds is 9. The van der Waals surface area contributed by atoms with Gasteiger partial charge in [0.05, 0.1) is 6.61 Å². The SMILES string of the molecule is CCOC(=O)C1OCO[C@H]1C(=O)N[C@@H](Cc1ccc(O)cc1)C(=O)OCc1ccccc1. The Morgan fingerprint density at radius 2 is 1.69 bits per heavy atom. The Hall–Kier alpha value is -3.43. The molecule has 0 saturated carbocycles. The summed E-state index contributed by atoms with van der Waals surface area (Å²) in [5.74, 6) is -1.98. The zero-order valence-electron chi connectivity index (χ0n) is 17.6. The number of nitrogens with one attached hydrogen (secondary N) is 1. The van der Waals surface area contributed by atoms with Crippen molar-refractivity contribution in [3.63, 3.8) is 0 Å². The highest BCUT2D eigenvalue weighted by molar-refractivity contribution is 5.92. The predicted molar refractivity (Wildman–Crippen MR) is 111 cm³/mol. The fraction of sp³-hybridized carbons (Fsp3) is 0.348. The van der Waals surface area contributed by atoms with Crippen LogP contribution in [-0.2, 0) is 46.4 Å². The lowest BCUT2D eigenvalue weighted by atomic mass is 10.0. The average molecular weight is 443 g/mol. The summed E-state index contributed by atoms with van der Waals surface area (Å²) in [7, 11) is 0. The molecule has 1 fully saturated rings. The summed E-state index contributed by atoms with van der Waals surface area (Å²) >= 11 is 0. The number of aromatic hydroxyl groups is 1. The van der Waals surface area contributed by atoms with Crippen molar-refractivity contribution >= 4 is 17.8 Å². The lowest BCUT2D eigenvalue weighted by Gasteiger charge is -2.21. The average Bonchev–Trinajstić information content (AvgIpc) is 3.29. The van der Waals surface area contributed by atoms with Crippen molar-refractivity contribution in [3.8, 4) is 5.75 Å². The minimum Gasteiger partial charge on any atom is -0.508 e. The molecule has 1 unspecified atom stereocenters. The number of carbonyl (C=O) groups excluding carboxylic acids is 3. The van der Waals surface area contributed by atoms with Crippen LogP contribution in [0, 0.1) is 0 Å². The highest BCUT2D eigenvalue weighted by Gasteiger charge is 2.42. The second kappa shape index (κ2) is 11.3. The molecule has 9 nitrogen and oxygen atoms in total. The van der Waals surface area contributed by atoms with Gasteiger partial charge in [0.1, 0.15) is 25.2 Å². The van der Waals surface area contributed by atoms with Gasteiger partial charge in [-0.3, -0.25) is 4.79 Å². The van der Waals surface area contributed by atoms with E-state index in [-0.39, 0.29) is 32.2 Å². The maximum absolute atomic E-state index is 12.8. The van der Waals surface area contributed by atoms with E-state index in [1.165, 1.54) is 12.1 Å². The number of phenols is 1. The van der Waals surface area contributed by atoms with Gasteiger partial charge in [-0.25, -0.2) is 9.59 Å². The largest absolute Gasteiger partial charge is 0.508 e. The zero-order valence-corrected chi connectivity index (χ0v) is 17.6. The minimum absolute atomic E-state index is 0.0378. The third-order valence-electron chi connectivity index (χ3n) is 4.75. The number of benzene rings is 2. The number of hydrogen-bond donors (Lipinski definition) is 2. The molecule has 1 amide bonds. The molecule has 0 aromatic heterocycles. The Balaban J connectivity index is 1.70. The van der Waals surface area contributed by atoms with Crippen LogP contribution in [0.25, 0.3) is 0 Å². The quantitative estimate of drug-likeness (QED) is 0.559. The van der Waals surface area contributed by atoms with E-state index in [1.807, 2.05) is 30.3 Å². The second-order valence-corrected chi connectivity index (χ2v) is 7.07. The molecular weight excluding hydrogens is 418 g/mol. The lowest BCUT2D eigenvalue weighted by Crippen LogP contribution is -2.51. The molecule has 0 radical (unpaired) electrons. The lowest BCUT2D eigenvalue weighted by molar-refractivity contribution is -0.156. The number of ether oxygens (including phenoxy) is 4. The Kier molecular flexibility index (Phi) is 8.18. The van der Waals surface area contributed by atoms with E-state index in [0.29, 0.717) is 5.56 Å². The first-order chi connectivity index (χ1) is 15.5. The standard InChI is InChI=1S/C23H25NO8/c1-2-29-23(28)20-19(31-14-32-20)21(26)24-18(12-15-8-10-17(25)11-9-15)22(27)30-13-16-6-4-3-5-7-16/h3-11,18-20,25H,2,12-14H2,1H3,(H,24,26)/t18-,19+,20?/m0/s1. The van der Waals surface area contributed by atoms with E-state index in [0.717, 1.165) is 5.56 Å². The highest BCUT2D eigenvalue weighted by Crippen LogP contribution is 2.17. The van der Waals surface area contributed by atoms with Crippen LogP contribution >= 0.6 is 0 Å². The summed E-state index contributed by atoms with van der Waals surface area (Å²) in [6.45, 7) is 1.56. The Labute approximate surface area is 185 Å². The normalized spacial score (nSPS) is 18.5. The van der Waals surface area contributed by atoms with Gasteiger partial charge in [0.15, 0.2) is 12.2 Å². The summed E-state index contributed by atoms with van der Waals surface area (Å²) in [5, 5.41) is 12.1. The van der Waals surface area contributed by atoms with E-state index < -0.39 is 36.1 Å². The van der Waals surface area contributed by atoms with Crippen LogP contribution in [0.15, 0.2) is 54.6 Å². The fourth-order valence-corrected chi connectivity index (χ4v) is 3.13. The topological polar surface area (TPSA) is 120 Å². The van der Waals surface area contributed by atoms with Gasteiger partial charge in [-0.2, -0.15) is 0 Å². The highest BCUT2D eigenvalue weighted by atomic mass is 16.7. The Morgan fingerprint density at radius 3 is 2.38 bits per heavy atom. The molecule has 2 aromatic rings. The third kappa shape index (κ3) is 6.29. The first-order valence-electron chi connectivity index (χ1n) is 10.2. The van der Waals surface area contributed by atoms with Crippen molar-refractivity contribution in [2.45, 2.75) is 38.2 Å². The van der Waals surface area contributed by atoms with Crippen molar-refractivity contribution in [1.29, 1.82) is 0 Å². The maximum Gasteiger partial charge on any atom is 0.338 e.